The molecule has 1 fully saturated rings. The summed E-state index contributed by atoms with van der Waals surface area (Å²) in [7, 11) is 0. The molecule has 23 heavy (non-hydrogen) atoms. The number of carbonyl (C=O) groups is 1. The molecule has 0 spiro atoms. The van der Waals surface area contributed by atoms with Crippen LogP contribution in [0.3, 0.4) is 0 Å². The number of nitrogens with one attached hydrogen (secondary N) is 1. The first-order valence-corrected chi connectivity index (χ1v) is 8.08. The van der Waals surface area contributed by atoms with Gasteiger partial charge in [0.05, 0.1) is 24.0 Å². The van der Waals surface area contributed by atoms with E-state index in [0.717, 1.165) is 50.9 Å². The molecular weight excluding hydrogens is 298 g/mol. The normalized spacial score (nSPS) is 20.4. The van der Waals surface area contributed by atoms with Gasteiger partial charge in [0, 0.05) is 13.2 Å². The zero-order valence-corrected chi connectivity index (χ0v) is 12.8. The maximum atomic E-state index is 12.3. The van der Waals surface area contributed by atoms with Crippen LogP contribution in [0, 0.1) is 0 Å². The minimum atomic E-state index is -0.142. The molecule has 0 bridgehead atoms. The number of aryl methyl sites for hydroxylation is 1. The number of nitrogens with zero attached hydrogens (tertiary/aromatic N) is 4. The van der Waals surface area contributed by atoms with Gasteiger partial charge in [-0.1, -0.05) is 5.16 Å². The molecule has 1 N–H and O–H groups in total. The fourth-order valence-electron chi connectivity index (χ4n) is 3.11. The zero-order chi connectivity index (χ0) is 15.6. The quantitative estimate of drug-likeness (QED) is 0.915. The maximum absolute atomic E-state index is 12.3. The predicted molar refractivity (Wildman–Crippen MR) is 78.6 cm³/mol. The van der Waals surface area contributed by atoms with Crippen molar-refractivity contribution in [2.75, 3.05) is 6.61 Å². The van der Waals surface area contributed by atoms with Gasteiger partial charge in [-0.3, -0.25) is 9.48 Å². The van der Waals surface area contributed by atoms with E-state index >= 15 is 0 Å². The van der Waals surface area contributed by atoms with Crippen LogP contribution in [0.15, 0.2) is 10.7 Å². The van der Waals surface area contributed by atoms with Crippen LogP contribution < -0.4 is 5.32 Å². The highest BCUT2D eigenvalue weighted by Crippen LogP contribution is 2.26. The SMILES string of the molecule is O=C(NCc1noc([C@@H]2CCCO2)n1)c1cnn2c1CCCC2. The van der Waals surface area contributed by atoms with E-state index < -0.39 is 0 Å². The fraction of sp³-hybridized carbons (Fsp3) is 0.600. The Morgan fingerprint density at radius 3 is 3.22 bits per heavy atom. The van der Waals surface area contributed by atoms with E-state index in [1.807, 2.05) is 4.68 Å². The molecule has 122 valence electrons. The van der Waals surface area contributed by atoms with E-state index in [4.69, 9.17) is 9.26 Å². The second-order valence-corrected chi connectivity index (χ2v) is 5.92. The van der Waals surface area contributed by atoms with Crippen molar-refractivity contribution in [1.82, 2.24) is 25.2 Å². The van der Waals surface area contributed by atoms with Crippen LogP contribution >= 0.6 is 0 Å². The summed E-state index contributed by atoms with van der Waals surface area (Å²) in [6, 6.07) is 0. The van der Waals surface area contributed by atoms with E-state index in [-0.39, 0.29) is 18.6 Å². The van der Waals surface area contributed by atoms with E-state index in [1.165, 1.54) is 0 Å². The molecule has 2 aliphatic rings. The van der Waals surface area contributed by atoms with Gasteiger partial charge in [-0.25, -0.2) is 0 Å². The molecule has 2 aliphatic heterocycles. The lowest BCUT2D eigenvalue weighted by Gasteiger charge is -2.14. The highest BCUT2D eigenvalue weighted by molar-refractivity contribution is 5.95. The molecule has 0 aliphatic carbocycles. The number of aromatic nitrogens is 4. The van der Waals surface area contributed by atoms with Crippen LogP contribution in [-0.4, -0.2) is 32.4 Å². The molecule has 0 unspecified atom stereocenters. The molecule has 1 amide bonds. The van der Waals surface area contributed by atoms with Gasteiger partial charge in [-0.05, 0) is 32.1 Å². The summed E-state index contributed by atoms with van der Waals surface area (Å²) in [5.41, 5.74) is 1.66. The first-order valence-electron chi connectivity index (χ1n) is 8.08. The molecular formula is C15H19N5O3. The van der Waals surface area contributed by atoms with Crippen molar-refractivity contribution in [3.63, 3.8) is 0 Å². The first kappa shape index (κ1) is 14.4. The maximum Gasteiger partial charge on any atom is 0.255 e. The standard InChI is InChI=1S/C15H19N5O3/c21-14(10-8-17-20-6-2-1-4-11(10)20)16-9-13-18-15(23-19-13)12-5-3-7-22-12/h8,12H,1-7,9H2,(H,16,21)/t12-/m0/s1. The Morgan fingerprint density at radius 2 is 2.35 bits per heavy atom. The van der Waals surface area contributed by atoms with Crippen LogP contribution in [0.4, 0.5) is 0 Å². The van der Waals surface area contributed by atoms with Crippen molar-refractivity contribution in [2.24, 2.45) is 0 Å². The molecule has 8 heteroatoms. The molecule has 2 aromatic heterocycles. The third kappa shape index (κ3) is 2.86. The average molecular weight is 317 g/mol. The number of carbonyl (C=O) groups excluding carboxylic acids is 1. The van der Waals surface area contributed by atoms with Crippen molar-refractivity contribution < 1.29 is 14.1 Å². The van der Waals surface area contributed by atoms with Crippen LogP contribution in [0.1, 0.15) is 59.6 Å². The van der Waals surface area contributed by atoms with Gasteiger partial charge in [0.25, 0.3) is 11.8 Å². The molecule has 4 heterocycles. The summed E-state index contributed by atoms with van der Waals surface area (Å²) in [5.74, 6) is 0.816. The second kappa shape index (κ2) is 6.11. The Hall–Kier alpha value is -2.22. The number of ether oxygens (including phenoxy) is 1. The molecule has 0 radical (unpaired) electrons. The van der Waals surface area contributed by atoms with Crippen LogP contribution in [0.2, 0.25) is 0 Å². The van der Waals surface area contributed by atoms with Crippen molar-refractivity contribution in [3.05, 3.63) is 29.2 Å². The smallest absolute Gasteiger partial charge is 0.255 e. The van der Waals surface area contributed by atoms with Crippen LogP contribution in [0.5, 0.6) is 0 Å². The number of fused-ring (bicyclic) bond motifs is 1. The predicted octanol–water partition coefficient (Wildman–Crippen LogP) is 1.38. The number of amides is 1. The zero-order valence-electron chi connectivity index (χ0n) is 12.8. The van der Waals surface area contributed by atoms with Gasteiger partial charge in [0.1, 0.15) is 6.10 Å². The Bertz CT molecular complexity index is 702. The van der Waals surface area contributed by atoms with Gasteiger partial charge in [0.2, 0.25) is 0 Å². The lowest BCUT2D eigenvalue weighted by Crippen LogP contribution is -2.25. The molecule has 4 rings (SSSR count). The van der Waals surface area contributed by atoms with Gasteiger partial charge >= 0.3 is 0 Å². The van der Waals surface area contributed by atoms with Crippen molar-refractivity contribution in [1.29, 1.82) is 0 Å². The molecule has 2 aromatic rings. The highest BCUT2D eigenvalue weighted by Gasteiger charge is 2.24. The van der Waals surface area contributed by atoms with Crippen LogP contribution in [-0.2, 0) is 24.2 Å². The summed E-state index contributed by atoms with van der Waals surface area (Å²) in [6.45, 7) is 1.85. The minimum absolute atomic E-state index is 0.102. The Kier molecular flexibility index (Phi) is 3.82. The molecule has 1 atom stereocenters. The van der Waals surface area contributed by atoms with Gasteiger partial charge in [-0.2, -0.15) is 10.1 Å². The number of hydrogen-bond acceptors (Lipinski definition) is 6. The van der Waals surface area contributed by atoms with Gasteiger partial charge < -0.3 is 14.6 Å². The van der Waals surface area contributed by atoms with Crippen molar-refractivity contribution in [3.8, 4) is 0 Å². The molecule has 0 aromatic carbocycles. The fourth-order valence-corrected chi connectivity index (χ4v) is 3.11. The average Bonchev–Trinajstić information content (AvgIpc) is 3.31. The van der Waals surface area contributed by atoms with Crippen molar-refractivity contribution in [2.45, 2.75) is 51.3 Å². The van der Waals surface area contributed by atoms with E-state index in [2.05, 4.69) is 20.6 Å². The third-order valence-electron chi connectivity index (χ3n) is 4.32. The monoisotopic (exact) mass is 317 g/mol. The van der Waals surface area contributed by atoms with E-state index in [0.29, 0.717) is 17.3 Å². The largest absolute Gasteiger partial charge is 0.368 e. The van der Waals surface area contributed by atoms with E-state index in [9.17, 15) is 4.79 Å². The summed E-state index contributed by atoms with van der Waals surface area (Å²) in [4.78, 5) is 16.6. The van der Waals surface area contributed by atoms with Crippen LogP contribution in [0.25, 0.3) is 0 Å². The summed E-state index contributed by atoms with van der Waals surface area (Å²) < 4.78 is 12.6. The van der Waals surface area contributed by atoms with Gasteiger partial charge in [-0.15, -0.1) is 0 Å². The minimum Gasteiger partial charge on any atom is -0.368 e. The Morgan fingerprint density at radius 1 is 1.39 bits per heavy atom. The molecule has 1 saturated heterocycles. The van der Waals surface area contributed by atoms with E-state index in [1.54, 1.807) is 6.20 Å². The molecule has 8 nitrogen and oxygen atoms in total. The number of rotatable bonds is 4. The summed E-state index contributed by atoms with van der Waals surface area (Å²) in [5, 5.41) is 11.0. The molecule has 0 saturated carbocycles. The lowest BCUT2D eigenvalue weighted by molar-refractivity contribution is 0.0835. The lowest BCUT2D eigenvalue weighted by atomic mass is 10.1. The van der Waals surface area contributed by atoms with Crippen molar-refractivity contribution >= 4 is 5.91 Å². The third-order valence-corrected chi connectivity index (χ3v) is 4.32. The second-order valence-electron chi connectivity index (χ2n) is 5.92. The summed E-state index contributed by atoms with van der Waals surface area (Å²) in [6.07, 6.45) is 6.56. The Labute approximate surface area is 133 Å². The topological polar surface area (TPSA) is 95.1 Å². The highest BCUT2D eigenvalue weighted by atomic mass is 16.5. The number of hydrogen-bond donors (Lipinski definition) is 1. The van der Waals surface area contributed by atoms with Gasteiger partial charge in [0.15, 0.2) is 5.82 Å². The first-order chi connectivity index (χ1) is 11.3. The Balaban J connectivity index is 1.39. The summed E-state index contributed by atoms with van der Waals surface area (Å²) >= 11 is 0.